The van der Waals surface area contributed by atoms with E-state index in [1.807, 2.05) is 6.92 Å². The van der Waals surface area contributed by atoms with Crippen LogP contribution in [-0.4, -0.2) is 9.91 Å². The van der Waals surface area contributed by atoms with Crippen LogP contribution < -0.4 is 0 Å². The van der Waals surface area contributed by atoms with Crippen molar-refractivity contribution < 1.29 is 4.92 Å². The average Bonchev–Trinajstić information content (AvgIpc) is 2.03. The maximum absolute atomic E-state index is 9.94. The second-order valence-electron chi connectivity index (χ2n) is 2.33. The molecule has 1 aromatic heterocycles. The Morgan fingerprint density at radius 1 is 1.58 bits per heavy atom. The largest absolute Gasteiger partial charge is 0.261 e. The summed E-state index contributed by atoms with van der Waals surface area (Å²) in [5.74, 6) is 0. The molecule has 0 fully saturated rings. The molecule has 0 saturated heterocycles. The van der Waals surface area contributed by atoms with Crippen LogP contribution in [0.3, 0.4) is 0 Å². The molecule has 0 N–H and O–H groups in total. The van der Waals surface area contributed by atoms with Crippen molar-refractivity contribution in [3.63, 3.8) is 0 Å². The van der Waals surface area contributed by atoms with E-state index in [0.717, 1.165) is 17.5 Å². The fourth-order valence-corrected chi connectivity index (χ4v) is 0.725. The van der Waals surface area contributed by atoms with Gasteiger partial charge in [-0.2, -0.15) is 0 Å². The van der Waals surface area contributed by atoms with Gasteiger partial charge in [-0.3, -0.25) is 15.1 Å². The molecule has 0 amide bonds. The van der Waals surface area contributed by atoms with Gasteiger partial charge in [-0.1, -0.05) is 6.07 Å². The van der Waals surface area contributed by atoms with E-state index in [4.69, 9.17) is 0 Å². The van der Waals surface area contributed by atoms with Gasteiger partial charge in [0.05, 0.1) is 4.92 Å². The number of hydrogen-bond donors (Lipinski definition) is 0. The highest BCUT2D eigenvalue weighted by Crippen LogP contribution is 2.00. The molecule has 0 aliphatic rings. The molecule has 1 aromatic rings. The zero-order valence-electron chi connectivity index (χ0n) is 6.60. The molecular weight excluding hydrogens is 156 g/mol. The second kappa shape index (κ2) is 3.61. The molecule has 0 aromatic carbocycles. The van der Waals surface area contributed by atoms with Crippen molar-refractivity contribution in [1.29, 1.82) is 0 Å². The van der Waals surface area contributed by atoms with Gasteiger partial charge in [0.1, 0.15) is 0 Å². The lowest BCUT2D eigenvalue weighted by atomic mass is 10.2. The van der Waals surface area contributed by atoms with Gasteiger partial charge >= 0.3 is 0 Å². The SMILES string of the molecule is Cc1ccc(C=C[N+](=O)[O-])cn1. The minimum absolute atomic E-state index is 0.500. The first kappa shape index (κ1) is 8.39. The Bertz CT molecular complexity index is 303. The second-order valence-corrected chi connectivity index (χ2v) is 2.33. The van der Waals surface area contributed by atoms with Crippen molar-refractivity contribution in [1.82, 2.24) is 4.98 Å². The van der Waals surface area contributed by atoms with Gasteiger partial charge in [0, 0.05) is 18.0 Å². The van der Waals surface area contributed by atoms with Crippen LogP contribution in [0.4, 0.5) is 0 Å². The molecule has 4 nitrogen and oxygen atoms in total. The third-order valence-corrected chi connectivity index (χ3v) is 1.32. The molecule has 0 unspecified atom stereocenters. The molecule has 0 aliphatic carbocycles. The molecule has 4 heteroatoms. The fourth-order valence-electron chi connectivity index (χ4n) is 0.725. The topological polar surface area (TPSA) is 56.0 Å². The number of pyridine rings is 1. The number of nitro groups is 1. The van der Waals surface area contributed by atoms with E-state index in [2.05, 4.69) is 4.98 Å². The van der Waals surface area contributed by atoms with E-state index in [1.165, 1.54) is 6.08 Å². The normalized spacial score (nSPS) is 10.4. The van der Waals surface area contributed by atoms with Crippen LogP contribution in [0.2, 0.25) is 0 Å². The standard InChI is InChI=1S/C8H8N2O2/c1-7-2-3-8(6-9-7)4-5-10(11)12/h2-6H,1H3. The van der Waals surface area contributed by atoms with Gasteiger partial charge in [-0.15, -0.1) is 0 Å². The Morgan fingerprint density at radius 3 is 2.83 bits per heavy atom. The Morgan fingerprint density at radius 2 is 2.33 bits per heavy atom. The summed E-state index contributed by atoms with van der Waals surface area (Å²) >= 11 is 0. The quantitative estimate of drug-likeness (QED) is 0.493. The monoisotopic (exact) mass is 164 g/mol. The first-order valence-corrected chi connectivity index (χ1v) is 3.43. The Labute approximate surface area is 69.7 Å². The Hall–Kier alpha value is -1.71. The predicted octanol–water partition coefficient (Wildman–Crippen LogP) is 1.64. The summed E-state index contributed by atoms with van der Waals surface area (Å²) in [4.78, 5) is 13.4. The lowest BCUT2D eigenvalue weighted by Gasteiger charge is -1.91. The van der Waals surface area contributed by atoms with Crippen molar-refractivity contribution in [2.75, 3.05) is 0 Å². The molecule has 12 heavy (non-hydrogen) atoms. The van der Waals surface area contributed by atoms with Gasteiger partial charge in [-0.05, 0) is 18.6 Å². The zero-order valence-corrected chi connectivity index (χ0v) is 6.60. The minimum atomic E-state index is -0.500. The van der Waals surface area contributed by atoms with E-state index >= 15 is 0 Å². The van der Waals surface area contributed by atoms with E-state index in [1.54, 1.807) is 18.3 Å². The molecule has 0 atom stereocenters. The molecule has 1 rings (SSSR count). The summed E-state index contributed by atoms with van der Waals surface area (Å²) < 4.78 is 0. The predicted molar refractivity (Wildman–Crippen MR) is 45.0 cm³/mol. The molecule has 0 radical (unpaired) electrons. The molecule has 0 spiro atoms. The van der Waals surface area contributed by atoms with Crippen LogP contribution in [0.15, 0.2) is 24.5 Å². The van der Waals surface area contributed by atoms with Crippen LogP contribution in [0, 0.1) is 17.0 Å². The van der Waals surface area contributed by atoms with Gasteiger partial charge < -0.3 is 0 Å². The lowest BCUT2D eigenvalue weighted by molar-refractivity contribution is -0.400. The van der Waals surface area contributed by atoms with E-state index in [0.29, 0.717) is 0 Å². The van der Waals surface area contributed by atoms with E-state index < -0.39 is 4.92 Å². The highest BCUT2D eigenvalue weighted by molar-refractivity contribution is 5.46. The van der Waals surface area contributed by atoms with Crippen molar-refractivity contribution in [3.05, 3.63) is 45.9 Å². The van der Waals surface area contributed by atoms with Gasteiger partial charge in [0.15, 0.2) is 0 Å². The smallest absolute Gasteiger partial charge is 0.235 e. The van der Waals surface area contributed by atoms with Gasteiger partial charge in [0.2, 0.25) is 6.20 Å². The maximum atomic E-state index is 9.94. The molecular formula is C8H8N2O2. The molecule has 0 aliphatic heterocycles. The summed E-state index contributed by atoms with van der Waals surface area (Å²) in [6.07, 6.45) is 3.90. The highest BCUT2D eigenvalue weighted by atomic mass is 16.6. The average molecular weight is 164 g/mol. The molecule has 0 saturated carbocycles. The lowest BCUT2D eigenvalue weighted by Crippen LogP contribution is -1.84. The number of nitrogens with zero attached hydrogens (tertiary/aromatic N) is 2. The van der Waals surface area contributed by atoms with Crippen molar-refractivity contribution in [3.8, 4) is 0 Å². The third-order valence-electron chi connectivity index (χ3n) is 1.32. The van der Waals surface area contributed by atoms with Crippen LogP contribution >= 0.6 is 0 Å². The van der Waals surface area contributed by atoms with Crippen LogP contribution in [0.1, 0.15) is 11.3 Å². The number of aromatic nitrogens is 1. The summed E-state index contributed by atoms with van der Waals surface area (Å²) in [7, 11) is 0. The Balaban J connectivity index is 2.77. The Kier molecular flexibility index (Phi) is 2.53. The van der Waals surface area contributed by atoms with Gasteiger partial charge in [-0.25, -0.2) is 0 Å². The number of aryl methyl sites for hydroxylation is 1. The van der Waals surface area contributed by atoms with Crippen molar-refractivity contribution in [2.45, 2.75) is 6.92 Å². The van der Waals surface area contributed by atoms with Crippen molar-refractivity contribution >= 4 is 6.08 Å². The highest BCUT2D eigenvalue weighted by Gasteiger charge is 1.89. The van der Waals surface area contributed by atoms with Crippen LogP contribution in [0.5, 0.6) is 0 Å². The molecule has 0 bridgehead atoms. The maximum Gasteiger partial charge on any atom is 0.235 e. The fraction of sp³-hybridized carbons (Fsp3) is 0.125. The molecule has 1 heterocycles. The van der Waals surface area contributed by atoms with Crippen LogP contribution in [0.25, 0.3) is 6.08 Å². The van der Waals surface area contributed by atoms with E-state index in [-0.39, 0.29) is 0 Å². The summed E-state index contributed by atoms with van der Waals surface area (Å²) in [6, 6.07) is 3.59. The minimum Gasteiger partial charge on any atom is -0.261 e. The van der Waals surface area contributed by atoms with Crippen LogP contribution in [-0.2, 0) is 0 Å². The van der Waals surface area contributed by atoms with E-state index in [9.17, 15) is 10.1 Å². The summed E-state index contributed by atoms with van der Waals surface area (Å²) in [5.41, 5.74) is 1.63. The first-order chi connectivity index (χ1) is 5.68. The first-order valence-electron chi connectivity index (χ1n) is 3.43. The third kappa shape index (κ3) is 2.49. The summed E-state index contributed by atoms with van der Waals surface area (Å²) in [5, 5.41) is 9.94. The molecule has 62 valence electrons. The summed E-state index contributed by atoms with van der Waals surface area (Å²) in [6.45, 7) is 1.86. The van der Waals surface area contributed by atoms with Crippen molar-refractivity contribution in [2.24, 2.45) is 0 Å². The zero-order chi connectivity index (χ0) is 8.97. The number of hydrogen-bond acceptors (Lipinski definition) is 3. The number of rotatable bonds is 2. The van der Waals surface area contributed by atoms with Gasteiger partial charge in [0.25, 0.3) is 0 Å².